The summed E-state index contributed by atoms with van der Waals surface area (Å²) >= 11 is 0. The molecule has 0 unspecified atom stereocenters. The van der Waals surface area contributed by atoms with Crippen LogP contribution in [0.1, 0.15) is 38.6 Å². The number of aryl methyl sites for hydroxylation is 4. The zero-order chi connectivity index (χ0) is 18.4. The predicted molar refractivity (Wildman–Crippen MR) is 95.6 cm³/mol. The molecule has 134 valence electrons. The first-order valence-corrected chi connectivity index (χ1v) is 8.65. The third-order valence-corrected chi connectivity index (χ3v) is 4.73. The van der Waals surface area contributed by atoms with Crippen LogP contribution in [0.5, 0.6) is 0 Å². The van der Waals surface area contributed by atoms with E-state index in [2.05, 4.69) is 21.3 Å². The number of amides is 1. The van der Waals surface area contributed by atoms with Crippen molar-refractivity contribution in [2.75, 3.05) is 6.54 Å². The summed E-state index contributed by atoms with van der Waals surface area (Å²) in [6.45, 7) is 6.95. The van der Waals surface area contributed by atoms with E-state index >= 15 is 0 Å². The first kappa shape index (κ1) is 16.5. The van der Waals surface area contributed by atoms with E-state index in [1.165, 1.54) is 0 Å². The number of nitrogens with zero attached hydrogens (tertiary/aromatic N) is 5. The van der Waals surface area contributed by atoms with Crippen molar-refractivity contribution in [1.82, 2.24) is 24.8 Å². The van der Waals surface area contributed by atoms with Crippen LogP contribution in [-0.2, 0) is 20.0 Å². The molecule has 3 heterocycles. The van der Waals surface area contributed by atoms with Crippen LogP contribution in [0.15, 0.2) is 22.7 Å². The average molecular weight is 351 g/mol. The smallest absolute Gasteiger partial charge is 0.278 e. The highest BCUT2D eigenvalue weighted by Crippen LogP contribution is 2.29. The monoisotopic (exact) mass is 351 g/mol. The van der Waals surface area contributed by atoms with Crippen molar-refractivity contribution in [2.45, 2.75) is 33.7 Å². The van der Waals surface area contributed by atoms with Crippen molar-refractivity contribution >= 4 is 5.91 Å². The van der Waals surface area contributed by atoms with Crippen molar-refractivity contribution in [3.63, 3.8) is 0 Å². The molecule has 7 nitrogen and oxygen atoms in total. The molecular formula is C19H21N5O2. The summed E-state index contributed by atoms with van der Waals surface area (Å²) in [7, 11) is 1.91. The molecule has 0 aliphatic carbocycles. The van der Waals surface area contributed by atoms with Gasteiger partial charge in [0.2, 0.25) is 0 Å². The Morgan fingerprint density at radius 1 is 1.15 bits per heavy atom. The van der Waals surface area contributed by atoms with Gasteiger partial charge in [0.1, 0.15) is 0 Å². The number of carbonyl (C=O) groups is 1. The topological polar surface area (TPSA) is 77.1 Å². The fourth-order valence-corrected chi connectivity index (χ4v) is 3.61. The highest BCUT2D eigenvalue weighted by atomic mass is 16.5. The quantitative estimate of drug-likeness (QED) is 0.709. The van der Waals surface area contributed by atoms with Crippen LogP contribution < -0.4 is 0 Å². The van der Waals surface area contributed by atoms with Crippen molar-refractivity contribution < 1.29 is 9.32 Å². The number of hydrogen-bond donors (Lipinski definition) is 0. The molecule has 7 heteroatoms. The highest BCUT2D eigenvalue weighted by molar-refractivity contribution is 5.94. The second-order valence-corrected chi connectivity index (χ2v) is 6.90. The van der Waals surface area contributed by atoms with Crippen LogP contribution >= 0.6 is 0 Å². The van der Waals surface area contributed by atoms with E-state index in [9.17, 15) is 4.79 Å². The number of carbonyl (C=O) groups excluding carboxylic acids is 1. The third-order valence-electron chi connectivity index (χ3n) is 4.73. The Kier molecular flexibility index (Phi) is 3.86. The molecule has 0 spiro atoms. The van der Waals surface area contributed by atoms with Gasteiger partial charge < -0.3 is 9.42 Å². The summed E-state index contributed by atoms with van der Waals surface area (Å²) in [5.41, 5.74) is 5.68. The van der Waals surface area contributed by atoms with Gasteiger partial charge >= 0.3 is 0 Å². The van der Waals surface area contributed by atoms with Crippen molar-refractivity contribution in [2.24, 2.45) is 7.05 Å². The SMILES string of the molecule is Cc1cc(C)cc(C(=O)N2CCc3c(c(-c4nc(C)no4)nn3C)C2)c1. The van der Waals surface area contributed by atoms with Crippen LogP contribution in [0, 0.1) is 20.8 Å². The molecule has 1 aliphatic rings. The zero-order valence-corrected chi connectivity index (χ0v) is 15.4. The maximum atomic E-state index is 13.0. The molecule has 0 radical (unpaired) electrons. The summed E-state index contributed by atoms with van der Waals surface area (Å²) in [5.74, 6) is 1.01. The van der Waals surface area contributed by atoms with Gasteiger partial charge in [0.15, 0.2) is 11.5 Å². The number of fused-ring (bicyclic) bond motifs is 1. The number of aromatic nitrogens is 4. The van der Waals surface area contributed by atoms with Gasteiger partial charge in [0, 0.05) is 36.8 Å². The van der Waals surface area contributed by atoms with Crippen LogP contribution in [0.25, 0.3) is 11.6 Å². The summed E-state index contributed by atoms with van der Waals surface area (Å²) in [4.78, 5) is 19.2. The van der Waals surface area contributed by atoms with E-state index in [-0.39, 0.29) is 5.91 Å². The average Bonchev–Trinajstić information content (AvgIpc) is 3.16. The van der Waals surface area contributed by atoms with Gasteiger partial charge in [0.05, 0.1) is 6.54 Å². The first-order valence-electron chi connectivity index (χ1n) is 8.65. The number of hydrogen-bond acceptors (Lipinski definition) is 5. The molecule has 1 aliphatic heterocycles. The largest absolute Gasteiger partial charge is 0.334 e. The minimum absolute atomic E-state index is 0.0407. The lowest BCUT2D eigenvalue weighted by molar-refractivity contribution is 0.0733. The van der Waals surface area contributed by atoms with Gasteiger partial charge in [-0.15, -0.1) is 0 Å². The lowest BCUT2D eigenvalue weighted by Gasteiger charge is -2.27. The minimum Gasteiger partial charge on any atom is -0.334 e. The Bertz CT molecular complexity index is 981. The summed E-state index contributed by atoms with van der Waals surface area (Å²) in [6, 6.07) is 5.95. The molecule has 0 saturated heterocycles. The van der Waals surface area contributed by atoms with Gasteiger partial charge in [-0.25, -0.2) is 0 Å². The molecule has 3 aromatic rings. The fraction of sp³-hybridized carbons (Fsp3) is 0.368. The van der Waals surface area contributed by atoms with Gasteiger partial charge in [-0.05, 0) is 32.9 Å². The van der Waals surface area contributed by atoms with Crippen molar-refractivity contribution in [3.8, 4) is 11.6 Å². The maximum Gasteiger partial charge on any atom is 0.278 e. The van der Waals surface area contributed by atoms with Crippen LogP contribution in [0.4, 0.5) is 0 Å². The minimum atomic E-state index is 0.0407. The van der Waals surface area contributed by atoms with E-state index < -0.39 is 0 Å². The summed E-state index contributed by atoms with van der Waals surface area (Å²) in [6.07, 6.45) is 0.752. The number of benzene rings is 1. The van der Waals surface area contributed by atoms with Crippen LogP contribution in [0.2, 0.25) is 0 Å². The standard InChI is InChI=1S/C19H21N5O2/c1-11-7-12(2)9-14(8-11)19(25)24-6-5-16-15(10-24)17(21-23(16)4)18-20-13(3)22-26-18/h7-9H,5-6,10H2,1-4H3. The van der Waals surface area contributed by atoms with Gasteiger partial charge in [-0.2, -0.15) is 10.1 Å². The molecule has 0 bridgehead atoms. The normalized spacial score (nSPS) is 13.8. The molecule has 1 amide bonds. The Labute approximate surface area is 151 Å². The van der Waals surface area contributed by atoms with Crippen LogP contribution in [-0.4, -0.2) is 37.3 Å². The molecule has 0 fully saturated rings. The Morgan fingerprint density at radius 2 is 1.88 bits per heavy atom. The highest BCUT2D eigenvalue weighted by Gasteiger charge is 2.29. The molecule has 1 aromatic carbocycles. The van der Waals surface area contributed by atoms with Crippen molar-refractivity contribution in [3.05, 3.63) is 52.0 Å². The second kappa shape index (κ2) is 6.09. The molecule has 0 saturated carbocycles. The Balaban J connectivity index is 1.68. The third kappa shape index (κ3) is 2.79. The van der Waals surface area contributed by atoms with E-state index in [4.69, 9.17) is 4.52 Å². The Morgan fingerprint density at radius 3 is 2.54 bits per heavy atom. The fourth-order valence-electron chi connectivity index (χ4n) is 3.61. The van der Waals surface area contributed by atoms with E-state index in [0.717, 1.165) is 34.4 Å². The molecule has 0 atom stereocenters. The molecule has 2 aromatic heterocycles. The molecular weight excluding hydrogens is 330 g/mol. The second-order valence-electron chi connectivity index (χ2n) is 6.90. The number of rotatable bonds is 2. The predicted octanol–water partition coefficient (Wildman–Crippen LogP) is 2.59. The molecule has 26 heavy (non-hydrogen) atoms. The zero-order valence-electron chi connectivity index (χ0n) is 15.4. The summed E-state index contributed by atoms with van der Waals surface area (Å²) in [5, 5.41) is 8.41. The van der Waals surface area contributed by atoms with Crippen molar-refractivity contribution in [1.29, 1.82) is 0 Å². The van der Waals surface area contributed by atoms with E-state index in [1.54, 1.807) is 6.92 Å². The Hall–Kier alpha value is -2.96. The van der Waals surface area contributed by atoms with E-state index in [0.29, 0.717) is 30.5 Å². The van der Waals surface area contributed by atoms with Gasteiger partial charge in [-0.3, -0.25) is 9.48 Å². The molecule has 0 N–H and O–H groups in total. The maximum absolute atomic E-state index is 13.0. The van der Waals surface area contributed by atoms with E-state index in [1.807, 2.05) is 42.6 Å². The van der Waals surface area contributed by atoms with Crippen LogP contribution in [0.3, 0.4) is 0 Å². The van der Waals surface area contributed by atoms with Gasteiger partial charge in [0.25, 0.3) is 11.8 Å². The molecule has 4 rings (SSSR count). The first-order chi connectivity index (χ1) is 12.4. The lowest BCUT2D eigenvalue weighted by Crippen LogP contribution is -2.36. The van der Waals surface area contributed by atoms with Gasteiger partial charge in [-0.1, -0.05) is 22.3 Å². The lowest BCUT2D eigenvalue weighted by atomic mass is 10.0. The summed E-state index contributed by atoms with van der Waals surface area (Å²) < 4.78 is 7.15.